The highest BCUT2D eigenvalue weighted by Crippen LogP contribution is 2.17. The van der Waals surface area contributed by atoms with Gasteiger partial charge in [-0.1, -0.05) is 0 Å². The monoisotopic (exact) mass is 261 g/mol. The van der Waals surface area contributed by atoms with Crippen molar-refractivity contribution in [3.8, 4) is 0 Å². The number of thioether (sulfide) groups is 1. The lowest BCUT2D eigenvalue weighted by Gasteiger charge is -2.04. The van der Waals surface area contributed by atoms with Crippen molar-refractivity contribution in [2.24, 2.45) is 0 Å². The van der Waals surface area contributed by atoms with E-state index in [2.05, 4.69) is 15.3 Å². The predicted molar refractivity (Wildman–Crippen MR) is 66.8 cm³/mol. The summed E-state index contributed by atoms with van der Waals surface area (Å²) in [7, 11) is -1.15. The lowest BCUT2D eigenvalue weighted by molar-refractivity contribution is 0.603. The summed E-state index contributed by atoms with van der Waals surface area (Å²) >= 11 is 1.42. The predicted octanol–water partition coefficient (Wildman–Crippen LogP) is 0.963. The third kappa shape index (κ3) is 4.80. The van der Waals surface area contributed by atoms with Gasteiger partial charge in [0.2, 0.25) is 5.95 Å². The molecular weight excluding hydrogens is 246 g/mol. The van der Waals surface area contributed by atoms with Gasteiger partial charge in [0.05, 0.1) is 5.75 Å². The molecule has 5 nitrogen and oxygen atoms in total. The molecular formula is C9H15N3O2S2. The van der Waals surface area contributed by atoms with Crippen LogP contribution >= 0.6 is 11.8 Å². The Bertz CT molecular complexity index is 460. The zero-order valence-corrected chi connectivity index (χ0v) is 11.2. The maximum absolute atomic E-state index is 11.0. The fourth-order valence-corrected chi connectivity index (χ4v) is 3.18. The molecule has 0 radical (unpaired) electrons. The Morgan fingerprint density at radius 3 is 2.69 bits per heavy atom. The molecule has 0 unspecified atom stereocenters. The summed E-state index contributed by atoms with van der Waals surface area (Å²) in [6.45, 7) is 1.88. The number of sulfone groups is 1. The van der Waals surface area contributed by atoms with Crippen molar-refractivity contribution in [2.45, 2.75) is 11.9 Å². The average molecular weight is 261 g/mol. The molecule has 1 aromatic heterocycles. The largest absolute Gasteiger partial charge is 0.357 e. The van der Waals surface area contributed by atoms with E-state index in [1.807, 2.05) is 13.0 Å². The zero-order valence-electron chi connectivity index (χ0n) is 9.52. The van der Waals surface area contributed by atoms with Gasteiger partial charge in [-0.2, -0.15) is 0 Å². The van der Waals surface area contributed by atoms with Crippen molar-refractivity contribution in [1.29, 1.82) is 0 Å². The fourth-order valence-electron chi connectivity index (χ4n) is 1.02. The van der Waals surface area contributed by atoms with Crippen LogP contribution in [0.1, 0.15) is 5.69 Å². The standard InChI is InChI=1S/C9H15N3O2S2/c1-7-6-8(12-9(10-2)11-7)15-4-5-16(3,13)14/h6H,4-5H2,1-3H3,(H,10,11,12). The van der Waals surface area contributed by atoms with E-state index in [0.29, 0.717) is 11.7 Å². The first kappa shape index (κ1) is 13.2. The first-order chi connectivity index (χ1) is 7.40. The van der Waals surface area contributed by atoms with Crippen LogP contribution in [0.4, 0.5) is 5.95 Å². The second-order valence-electron chi connectivity index (χ2n) is 3.40. The average Bonchev–Trinajstić information content (AvgIpc) is 2.14. The molecule has 0 saturated heterocycles. The molecule has 0 saturated carbocycles. The summed E-state index contributed by atoms with van der Waals surface area (Å²) in [6.07, 6.45) is 1.23. The van der Waals surface area contributed by atoms with Crippen LogP contribution < -0.4 is 5.32 Å². The van der Waals surface area contributed by atoms with Crippen LogP contribution in [-0.4, -0.2) is 43.2 Å². The summed E-state index contributed by atoms with van der Waals surface area (Å²) in [5.41, 5.74) is 0.862. The quantitative estimate of drug-likeness (QED) is 0.629. The van der Waals surface area contributed by atoms with Crippen LogP contribution in [0, 0.1) is 6.92 Å². The second-order valence-corrected chi connectivity index (χ2v) is 6.77. The van der Waals surface area contributed by atoms with Gasteiger partial charge in [0, 0.05) is 24.8 Å². The smallest absolute Gasteiger partial charge is 0.223 e. The van der Waals surface area contributed by atoms with Crippen LogP contribution in [0.2, 0.25) is 0 Å². The third-order valence-corrected chi connectivity index (χ3v) is 3.88. The zero-order chi connectivity index (χ0) is 12.2. The van der Waals surface area contributed by atoms with Crippen molar-refractivity contribution in [3.63, 3.8) is 0 Å². The molecule has 0 aliphatic rings. The number of aryl methyl sites for hydroxylation is 1. The molecule has 90 valence electrons. The lowest BCUT2D eigenvalue weighted by Crippen LogP contribution is -2.05. The number of hydrogen-bond acceptors (Lipinski definition) is 6. The molecule has 0 aliphatic carbocycles. The summed E-state index contributed by atoms with van der Waals surface area (Å²) in [5, 5.41) is 3.65. The first-order valence-electron chi connectivity index (χ1n) is 4.74. The van der Waals surface area contributed by atoms with Gasteiger partial charge in [-0.3, -0.25) is 0 Å². The van der Waals surface area contributed by atoms with E-state index in [9.17, 15) is 8.42 Å². The van der Waals surface area contributed by atoms with Gasteiger partial charge in [0.15, 0.2) is 0 Å². The Balaban J connectivity index is 2.63. The van der Waals surface area contributed by atoms with Gasteiger partial charge in [-0.05, 0) is 13.0 Å². The Hall–Kier alpha value is -0.820. The van der Waals surface area contributed by atoms with Gasteiger partial charge in [0.25, 0.3) is 0 Å². The number of nitrogens with one attached hydrogen (secondary N) is 1. The minimum Gasteiger partial charge on any atom is -0.357 e. The topological polar surface area (TPSA) is 72.0 Å². The molecule has 0 aromatic carbocycles. The van der Waals surface area contributed by atoms with E-state index < -0.39 is 9.84 Å². The summed E-state index contributed by atoms with van der Waals surface area (Å²) in [5.74, 6) is 1.23. The van der Waals surface area contributed by atoms with E-state index in [1.54, 1.807) is 7.05 Å². The molecule has 0 bridgehead atoms. The molecule has 0 spiro atoms. The highest BCUT2D eigenvalue weighted by molar-refractivity contribution is 8.00. The van der Waals surface area contributed by atoms with Gasteiger partial charge in [0.1, 0.15) is 14.9 Å². The highest BCUT2D eigenvalue weighted by Gasteiger charge is 2.05. The van der Waals surface area contributed by atoms with E-state index in [4.69, 9.17) is 0 Å². The molecule has 0 atom stereocenters. The van der Waals surface area contributed by atoms with Crippen LogP contribution in [0.3, 0.4) is 0 Å². The molecule has 7 heteroatoms. The van der Waals surface area contributed by atoms with Gasteiger partial charge < -0.3 is 5.32 Å². The Morgan fingerprint density at radius 1 is 1.44 bits per heavy atom. The number of anilines is 1. The molecule has 0 aliphatic heterocycles. The van der Waals surface area contributed by atoms with Crippen LogP contribution in [0.5, 0.6) is 0 Å². The second kappa shape index (κ2) is 5.49. The Morgan fingerprint density at radius 2 is 2.12 bits per heavy atom. The molecule has 16 heavy (non-hydrogen) atoms. The van der Waals surface area contributed by atoms with Crippen molar-refractivity contribution in [1.82, 2.24) is 9.97 Å². The fraction of sp³-hybridized carbons (Fsp3) is 0.556. The maximum atomic E-state index is 11.0. The van der Waals surface area contributed by atoms with Crippen LogP contribution in [0.15, 0.2) is 11.1 Å². The van der Waals surface area contributed by atoms with E-state index in [-0.39, 0.29) is 5.75 Å². The number of hydrogen-bond donors (Lipinski definition) is 1. The van der Waals surface area contributed by atoms with Gasteiger partial charge in [-0.25, -0.2) is 18.4 Å². The molecule has 0 amide bonds. The van der Waals surface area contributed by atoms with E-state index in [1.165, 1.54) is 18.0 Å². The van der Waals surface area contributed by atoms with Crippen molar-refractivity contribution in [2.75, 3.05) is 30.1 Å². The first-order valence-corrected chi connectivity index (χ1v) is 7.79. The van der Waals surface area contributed by atoms with Crippen molar-refractivity contribution in [3.05, 3.63) is 11.8 Å². The van der Waals surface area contributed by atoms with Crippen LogP contribution in [-0.2, 0) is 9.84 Å². The van der Waals surface area contributed by atoms with Gasteiger partial charge in [-0.15, -0.1) is 11.8 Å². The van der Waals surface area contributed by atoms with Gasteiger partial charge >= 0.3 is 0 Å². The summed E-state index contributed by atoms with van der Waals surface area (Å²) in [6, 6.07) is 1.84. The van der Waals surface area contributed by atoms with E-state index in [0.717, 1.165) is 10.7 Å². The third-order valence-electron chi connectivity index (χ3n) is 1.76. The number of rotatable bonds is 5. The molecule has 1 heterocycles. The Kier molecular flexibility index (Phi) is 4.55. The number of aromatic nitrogens is 2. The van der Waals surface area contributed by atoms with Crippen LogP contribution in [0.25, 0.3) is 0 Å². The minimum atomic E-state index is -2.90. The summed E-state index contributed by atoms with van der Waals surface area (Å²) < 4.78 is 21.9. The van der Waals surface area contributed by atoms with Crippen molar-refractivity contribution >= 4 is 27.5 Å². The minimum absolute atomic E-state index is 0.162. The SMILES string of the molecule is CNc1nc(C)cc(SCCS(C)(=O)=O)n1. The van der Waals surface area contributed by atoms with Crippen molar-refractivity contribution < 1.29 is 8.42 Å². The molecule has 0 fully saturated rings. The van der Waals surface area contributed by atoms with E-state index >= 15 is 0 Å². The normalized spacial score (nSPS) is 11.4. The lowest BCUT2D eigenvalue weighted by atomic mass is 10.5. The number of nitrogens with zero attached hydrogens (tertiary/aromatic N) is 2. The molecule has 1 aromatic rings. The highest BCUT2D eigenvalue weighted by atomic mass is 32.2. The molecule has 1 rings (SSSR count). The molecule has 1 N–H and O–H groups in total. The Labute approximate surface area is 100.0 Å². The maximum Gasteiger partial charge on any atom is 0.223 e. The summed E-state index contributed by atoms with van der Waals surface area (Å²) in [4.78, 5) is 8.37.